The lowest BCUT2D eigenvalue weighted by atomic mass is 10.1. The van der Waals surface area contributed by atoms with Gasteiger partial charge in [-0.2, -0.15) is 0 Å². The van der Waals surface area contributed by atoms with E-state index in [1.54, 1.807) is 4.90 Å². The number of hydrogen-bond donors (Lipinski definition) is 0. The van der Waals surface area contributed by atoms with Crippen molar-refractivity contribution < 1.29 is 17.6 Å². The molecule has 1 aliphatic rings. The van der Waals surface area contributed by atoms with Crippen molar-refractivity contribution in [1.82, 2.24) is 4.90 Å². The molecular formula is C13H15ClFNO3S. The summed E-state index contributed by atoms with van der Waals surface area (Å²) in [6.07, 6.45) is 2.52. The van der Waals surface area contributed by atoms with E-state index in [0.717, 1.165) is 37.5 Å². The van der Waals surface area contributed by atoms with E-state index in [4.69, 9.17) is 10.7 Å². The summed E-state index contributed by atoms with van der Waals surface area (Å²) in [6.45, 7) is 2.51. The van der Waals surface area contributed by atoms with Crippen LogP contribution in [0.2, 0.25) is 0 Å². The number of hydrogen-bond acceptors (Lipinski definition) is 3. The van der Waals surface area contributed by atoms with Gasteiger partial charge < -0.3 is 4.90 Å². The fraction of sp³-hybridized carbons (Fsp3) is 0.462. The summed E-state index contributed by atoms with van der Waals surface area (Å²) >= 11 is 0. The molecule has 0 bridgehead atoms. The van der Waals surface area contributed by atoms with Crippen LogP contribution in [0.3, 0.4) is 0 Å². The Labute approximate surface area is 121 Å². The zero-order valence-electron chi connectivity index (χ0n) is 11.0. The van der Waals surface area contributed by atoms with E-state index in [1.165, 1.54) is 0 Å². The second-order valence-electron chi connectivity index (χ2n) is 4.78. The van der Waals surface area contributed by atoms with E-state index in [-0.39, 0.29) is 16.5 Å². The summed E-state index contributed by atoms with van der Waals surface area (Å²) in [4.78, 5) is 13.7. The Bertz CT molecular complexity index is 633. The zero-order valence-corrected chi connectivity index (χ0v) is 12.5. The summed E-state index contributed by atoms with van der Waals surface area (Å²) in [6, 6.07) is 3.01. The molecule has 20 heavy (non-hydrogen) atoms. The first-order valence-corrected chi connectivity index (χ1v) is 8.70. The van der Waals surface area contributed by atoms with E-state index < -0.39 is 20.8 Å². The van der Waals surface area contributed by atoms with E-state index in [2.05, 4.69) is 0 Å². The van der Waals surface area contributed by atoms with Crippen molar-refractivity contribution in [2.45, 2.75) is 37.1 Å². The largest absolute Gasteiger partial charge is 0.336 e. The lowest BCUT2D eigenvalue weighted by molar-refractivity contribution is 0.0729. The predicted octanol–water partition coefficient (Wildman–Crippen LogP) is 2.77. The molecule has 1 unspecified atom stereocenters. The van der Waals surface area contributed by atoms with Gasteiger partial charge in [-0.3, -0.25) is 4.79 Å². The minimum atomic E-state index is -4.09. The summed E-state index contributed by atoms with van der Waals surface area (Å²) in [5.41, 5.74) is -0.194. The highest BCUT2D eigenvalue weighted by Crippen LogP contribution is 2.27. The summed E-state index contributed by atoms with van der Waals surface area (Å²) < 4.78 is 36.4. The predicted molar refractivity (Wildman–Crippen MR) is 73.8 cm³/mol. The van der Waals surface area contributed by atoms with Crippen LogP contribution in [0, 0.1) is 5.82 Å². The molecule has 1 fully saturated rings. The highest BCUT2D eigenvalue weighted by molar-refractivity contribution is 8.13. The van der Waals surface area contributed by atoms with Crippen LogP contribution in [0.15, 0.2) is 23.1 Å². The van der Waals surface area contributed by atoms with Gasteiger partial charge in [-0.25, -0.2) is 12.8 Å². The molecule has 1 aromatic carbocycles. The molecule has 2 rings (SSSR count). The van der Waals surface area contributed by atoms with Gasteiger partial charge in [-0.15, -0.1) is 0 Å². The van der Waals surface area contributed by atoms with Crippen LogP contribution in [0.4, 0.5) is 4.39 Å². The van der Waals surface area contributed by atoms with Gasteiger partial charge >= 0.3 is 0 Å². The maximum atomic E-state index is 13.4. The number of amides is 1. The van der Waals surface area contributed by atoms with Crippen LogP contribution in [-0.4, -0.2) is 31.8 Å². The lowest BCUT2D eigenvalue weighted by Crippen LogP contribution is -2.35. The molecule has 1 atom stereocenters. The molecule has 1 amide bonds. The van der Waals surface area contributed by atoms with E-state index in [1.807, 2.05) is 6.92 Å². The summed E-state index contributed by atoms with van der Waals surface area (Å²) in [7, 11) is 1.23. The average Bonchev–Trinajstić information content (AvgIpc) is 2.84. The van der Waals surface area contributed by atoms with Crippen LogP contribution in [0.5, 0.6) is 0 Å². The second-order valence-corrected chi connectivity index (χ2v) is 7.32. The highest BCUT2D eigenvalue weighted by Gasteiger charge is 2.31. The van der Waals surface area contributed by atoms with Crippen LogP contribution < -0.4 is 0 Å². The first-order chi connectivity index (χ1) is 9.34. The van der Waals surface area contributed by atoms with E-state index in [9.17, 15) is 17.6 Å². The van der Waals surface area contributed by atoms with Gasteiger partial charge in [0.2, 0.25) is 0 Å². The fourth-order valence-electron chi connectivity index (χ4n) is 2.56. The summed E-state index contributed by atoms with van der Waals surface area (Å²) in [5, 5.41) is 0. The molecule has 0 aromatic heterocycles. The Morgan fingerprint density at radius 1 is 1.50 bits per heavy atom. The Balaban J connectivity index is 2.46. The second kappa shape index (κ2) is 5.69. The zero-order chi connectivity index (χ0) is 14.9. The first kappa shape index (κ1) is 15.3. The number of rotatable bonds is 3. The number of carbonyl (C=O) groups excluding carboxylic acids is 1. The van der Waals surface area contributed by atoms with E-state index >= 15 is 0 Å². The lowest BCUT2D eigenvalue weighted by Gasteiger charge is -2.24. The van der Waals surface area contributed by atoms with Crippen molar-refractivity contribution in [2.24, 2.45) is 0 Å². The van der Waals surface area contributed by atoms with Gasteiger partial charge in [0.25, 0.3) is 15.0 Å². The monoisotopic (exact) mass is 319 g/mol. The molecule has 7 heteroatoms. The Morgan fingerprint density at radius 2 is 2.20 bits per heavy atom. The van der Waals surface area contributed by atoms with Crippen LogP contribution >= 0.6 is 10.7 Å². The van der Waals surface area contributed by atoms with Crippen LogP contribution in [-0.2, 0) is 9.05 Å². The van der Waals surface area contributed by atoms with Gasteiger partial charge in [-0.1, -0.05) is 6.92 Å². The molecule has 0 radical (unpaired) electrons. The smallest absolute Gasteiger partial charge is 0.262 e. The first-order valence-electron chi connectivity index (χ1n) is 6.39. The van der Waals surface area contributed by atoms with Crippen molar-refractivity contribution >= 4 is 25.6 Å². The normalized spacial score (nSPS) is 19.4. The number of carbonyl (C=O) groups is 1. The summed E-state index contributed by atoms with van der Waals surface area (Å²) in [5.74, 6) is -1.14. The fourth-order valence-corrected chi connectivity index (χ4v) is 3.61. The number of likely N-dealkylation sites (tertiary alicyclic amines) is 1. The maximum absolute atomic E-state index is 13.4. The molecule has 0 aliphatic carbocycles. The van der Waals surface area contributed by atoms with Gasteiger partial charge in [0.05, 0.1) is 10.5 Å². The molecule has 110 valence electrons. The van der Waals surface area contributed by atoms with Crippen molar-refractivity contribution in [2.75, 3.05) is 6.54 Å². The minimum Gasteiger partial charge on any atom is -0.336 e. The Morgan fingerprint density at radius 3 is 2.80 bits per heavy atom. The highest BCUT2D eigenvalue weighted by atomic mass is 35.7. The van der Waals surface area contributed by atoms with Crippen molar-refractivity contribution in [3.63, 3.8) is 0 Å². The maximum Gasteiger partial charge on any atom is 0.262 e. The number of halogens is 2. The molecular weight excluding hydrogens is 305 g/mol. The average molecular weight is 320 g/mol. The molecule has 0 N–H and O–H groups in total. The minimum absolute atomic E-state index is 0.0663. The molecule has 0 saturated carbocycles. The molecule has 1 aromatic rings. The third kappa shape index (κ3) is 2.96. The Hall–Kier alpha value is -1.14. The van der Waals surface area contributed by atoms with Crippen molar-refractivity contribution in [3.05, 3.63) is 29.6 Å². The van der Waals surface area contributed by atoms with Gasteiger partial charge in [-0.05, 0) is 37.5 Å². The molecule has 1 heterocycles. The Kier molecular flexibility index (Phi) is 4.34. The van der Waals surface area contributed by atoms with Gasteiger partial charge in [0.1, 0.15) is 5.82 Å². The standard InChI is InChI=1S/C13H15ClFNO3S/c1-2-10-4-3-7-16(10)13(17)11-8-9(15)5-6-12(11)20(14,18)19/h5-6,8,10H,2-4,7H2,1H3. The van der Waals surface area contributed by atoms with Gasteiger partial charge in [0.15, 0.2) is 0 Å². The third-order valence-electron chi connectivity index (χ3n) is 3.54. The molecule has 1 aliphatic heterocycles. The van der Waals surface area contributed by atoms with Crippen molar-refractivity contribution in [1.29, 1.82) is 0 Å². The molecule has 1 saturated heterocycles. The van der Waals surface area contributed by atoms with Crippen molar-refractivity contribution in [3.8, 4) is 0 Å². The SMILES string of the molecule is CCC1CCCN1C(=O)c1cc(F)ccc1S(=O)(=O)Cl. The topological polar surface area (TPSA) is 54.5 Å². The number of benzene rings is 1. The third-order valence-corrected chi connectivity index (χ3v) is 4.92. The van der Waals surface area contributed by atoms with Crippen LogP contribution in [0.1, 0.15) is 36.5 Å². The van der Waals surface area contributed by atoms with Gasteiger partial charge in [0, 0.05) is 23.3 Å². The molecule has 4 nitrogen and oxygen atoms in total. The van der Waals surface area contributed by atoms with Crippen LogP contribution in [0.25, 0.3) is 0 Å². The molecule has 0 spiro atoms. The number of nitrogens with zero attached hydrogens (tertiary/aromatic N) is 1. The van der Waals surface area contributed by atoms with E-state index in [0.29, 0.717) is 6.54 Å². The quantitative estimate of drug-likeness (QED) is 0.805.